The maximum atomic E-state index is 11.9. The van der Waals surface area contributed by atoms with Crippen LogP contribution >= 0.6 is 0 Å². The van der Waals surface area contributed by atoms with Crippen LogP contribution in [0.2, 0.25) is 0 Å². The van der Waals surface area contributed by atoms with E-state index in [1.807, 2.05) is 24.3 Å². The van der Waals surface area contributed by atoms with Crippen molar-refractivity contribution in [1.82, 2.24) is 5.32 Å². The lowest BCUT2D eigenvalue weighted by Crippen LogP contribution is -2.30. The Balaban J connectivity index is 2.01. The maximum absolute atomic E-state index is 11.9. The summed E-state index contributed by atoms with van der Waals surface area (Å²) in [7, 11) is 0. The van der Waals surface area contributed by atoms with Crippen LogP contribution < -0.4 is 10.1 Å². The monoisotopic (exact) mass is 217 g/mol. The first-order valence-corrected chi connectivity index (χ1v) is 5.43. The summed E-state index contributed by atoms with van der Waals surface area (Å²) >= 11 is 0. The minimum Gasteiger partial charge on any atom is -0.492 e. The van der Waals surface area contributed by atoms with Crippen molar-refractivity contribution >= 4 is 5.91 Å². The number of para-hydroxylation sites is 1. The molecule has 1 unspecified atom stereocenters. The number of hydrogen-bond donors (Lipinski definition) is 1. The smallest absolute Gasteiger partial charge is 0.231 e. The van der Waals surface area contributed by atoms with Crippen LogP contribution in [0.1, 0.15) is 17.9 Å². The molecule has 1 aliphatic rings. The third-order valence-electron chi connectivity index (χ3n) is 2.66. The molecule has 1 heterocycles. The maximum Gasteiger partial charge on any atom is 0.231 e. The van der Waals surface area contributed by atoms with Crippen molar-refractivity contribution in [3.8, 4) is 5.75 Å². The van der Waals surface area contributed by atoms with Crippen molar-refractivity contribution in [2.24, 2.45) is 0 Å². The highest BCUT2D eigenvalue weighted by molar-refractivity contribution is 5.85. The molecule has 0 spiro atoms. The number of benzene rings is 1. The summed E-state index contributed by atoms with van der Waals surface area (Å²) in [5.74, 6) is 0.694. The Kier molecular flexibility index (Phi) is 3.25. The lowest BCUT2D eigenvalue weighted by Gasteiger charge is -2.08. The van der Waals surface area contributed by atoms with E-state index in [4.69, 9.17) is 4.74 Å². The molecule has 0 aromatic heterocycles. The van der Waals surface area contributed by atoms with Crippen molar-refractivity contribution in [2.75, 3.05) is 13.2 Å². The Labute approximate surface area is 95.1 Å². The molecule has 3 nitrogen and oxygen atoms in total. The molecule has 1 aromatic carbocycles. The topological polar surface area (TPSA) is 38.3 Å². The fourth-order valence-corrected chi connectivity index (χ4v) is 1.80. The number of hydrogen-bond acceptors (Lipinski definition) is 2. The molecule has 1 amide bonds. The molecule has 1 aliphatic heterocycles. The summed E-state index contributed by atoms with van der Waals surface area (Å²) < 4.78 is 5.46. The van der Waals surface area contributed by atoms with Gasteiger partial charge in [0, 0.05) is 12.1 Å². The molecule has 0 bridgehead atoms. The third-order valence-corrected chi connectivity index (χ3v) is 2.66. The number of carbonyl (C=O) groups is 1. The van der Waals surface area contributed by atoms with E-state index in [9.17, 15) is 4.79 Å². The third kappa shape index (κ3) is 2.08. The number of fused-ring (bicyclic) bond motifs is 1. The molecule has 0 saturated heterocycles. The fraction of sp³-hybridized carbons (Fsp3) is 0.308. The average Bonchev–Trinajstić information content (AvgIpc) is 2.73. The van der Waals surface area contributed by atoms with Crippen LogP contribution in [0.4, 0.5) is 0 Å². The van der Waals surface area contributed by atoms with E-state index in [1.54, 1.807) is 6.08 Å². The summed E-state index contributed by atoms with van der Waals surface area (Å²) in [6.07, 6.45) is 2.58. The SMILES string of the molecule is C=CCCNC(=O)C1COc2ccccc21. The van der Waals surface area contributed by atoms with Crippen molar-refractivity contribution in [2.45, 2.75) is 12.3 Å². The molecular weight excluding hydrogens is 202 g/mol. The van der Waals surface area contributed by atoms with Gasteiger partial charge in [0.1, 0.15) is 18.3 Å². The van der Waals surface area contributed by atoms with Gasteiger partial charge in [-0.15, -0.1) is 6.58 Å². The first-order valence-electron chi connectivity index (χ1n) is 5.43. The Morgan fingerprint density at radius 2 is 2.38 bits per heavy atom. The zero-order valence-electron chi connectivity index (χ0n) is 9.11. The predicted octanol–water partition coefficient (Wildman–Crippen LogP) is 1.85. The van der Waals surface area contributed by atoms with E-state index >= 15 is 0 Å². The van der Waals surface area contributed by atoms with Crippen LogP contribution in [0.5, 0.6) is 5.75 Å². The number of ether oxygens (including phenoxy) is 1. The molecule has 1 atom stereocenters. The van der Waals surface area contributed by atoms with Crippen LogP contribution in [0.25, 0.3) is 0 Å². The van der Waals surface area contributed by atoms with E-state index in [-0.39, 0.29) is 11.8 Å². The van der Waals surface area contributed by atoms with Gasteiger partial charge in [-0.25, -0.2) is 0 Å². The van der Waals surface area contributed by atoms with Crippen molar-refractivity contribution < 1.29 is 9.53 Å². The first-order chi connectivity index (χ1) is 7.83. The standard InChI is InChI=1S/C13H15NO2/c1-2-3-8-14-13(15)11-9-16-12-7-5-4-6-10(11)12/h2,4-7,11H,1,3,8-9H2,(H,14,15). The summed E-state index contributed by atoms with van der Waals surface area (Å²) in [6, 6.07) is 7.68. The molecule has 0 aliphatic carbocycles. The molecule has 3 heteroatoms. The van der Waals surface area contributed by atoms with Crippen LogP contribution in [0.15, 0.2) is 36.9 Å². The zero-order chi connectivity index (χ0) is 11.4. The Hall–Kier alpha value is -1.77. The number of amides is 1. The fourth-order valence-electron chi connectivity index (χ4n) is 1.80. The largest absolute Gasteiger partial charge is 0.492 e. The Morgan fingerprint density at radius 1 is 1.56 bits per heavy atom. The molecular formula is C13H15NO2. The quantitative estimate of drug-likeness (QED) is 0.617. The van der Waals surface area contributed by atoms with Gasteiger partial charge in [0.25, 0.3) is 0 Å². The van der Waals surface area contributed by atoms with E-state index < -0.39 is 0 Å². The van der Waals surface area contributed by atoms with Crippen LogP contribution in [-0.2, 0) is 4.79 Å². The zero-order valence-corrected chi connectivity index (χ0v) is 9.11. The molecule has 16 heavy (non-hydrogen) atoms. The minimum absolute atomic E-state index is 0.0341. The second-order valence-electron chi connectivity index (χ2n) is 3.77. The van der Waals surface area contributed by atoms with Crippen LogP contribution in [-0.4, -0.2) is 19.1 Å². The minimum atomic E-state index is -0.166. The van der Waals surface area contributed by atoms with Crippen molar-refractivity contribution in [1.29, 1.82) is 0 Å². The van der Waals surface area contributed by atoms with E-state index in [2.05, 4.69) is 11.9 Å². The van der Waals surface area contributed by atoms with Gasteiger partial charge in [-0.2, -0.15) is 0 Å². The second-order valence-corrected chi connectivity index (χ2v) is 3.77. The normalized spacial score (nSPS) is 17.4. The summed E-state index contributed by atoms with van der Waals surface area (Å²) in [4.78, 5) is 11.9. The van der Waals surface area contributed by atoms with E-state index in [0.29, 0.717) is 13.2 Å². The molecule has 1 aromatic rings. The van der Waals surface area contributed by atoms with Gasteiger partial charge < -0.3 is 10.1 Å². The first kappa shape index (κ1) is 10.7. The van der Waals surface area contributed by atoms with E-state index in [1.165, 1.54) is 0 Å². The molecule has 0 saturated carbocycles. The van der Waals surface area contributed by atoms with Gasteiger partial charge in [0.2, 0.25) is 5.91 Å². The van der Waals surface area contributed by atoms with Gasteiger partial charge in [-0.05, 0) is 12.5 Å². The Morgan fingerprint density at radius 3 is 3.19 bits per heavy atom. The van der Waals surface area contributed by atoms with Gasteiger partial charge in [0.15, 0.2) is 0 Å². The number of nitrogens with one attached hydrogen (secondary N) is 1. The number of rotatable bonds is 4. The summed E-state index contributed by atoms with van der Waals surface area (Å²) in [6.45, 7) is 4.70. The lowest BCUT2D eigenvalue weighted by atomic mass is 10.0. The number of carbonyl (C=O) groups excluding carboxylic acids is 1. The molecule has 0 fully saturated rings. The highest BCUT2D eigenvalue weighted by atomic mass is 16.5. The van der Waals surface area contributed by atoms with Gasteiger partial charge >= 0.3 is 0 Å². The van der Waals surface area contributed by atoms with E-state index in [0.717, 1.165) is 17.7 Å². The van der Waals surface area contributed by atoms with Crippen LogP contribution in [0, 0.1) is 0 Å². The second kappa shape index (κ2) is 4.84. The molecule has 2 rings (SSSR count). The summed E-state index contributed by atoms with van der Waals surface area (Å²) in [5.41, 5.74) is 0.985. The highest BCUT2D eigenvalue weighted by Gasteiger charge is 2.29. The lowest BCUT2D eigenvalue weighted by molar-refractivity contribution is -0.122. The molecule has 84 valence electrons. The van der Waals surface area contributed by atoms with Gasteiger partial charge in [0.05, 0.1) is 0 Å². The van der Waals surface area contributed by atoms with Crippen LogP contribution in [0.3, 0.4) is 0 Å². The predicted molar refractivity (Wildman–Crippen MR) is 62.5 cm³/mol. The molecule has 0 radical (unpaired) electrons. The molecule has 1 N–H and O–H groups in total. The average molecular weight is 217 g/mol. The van der Waals surface area contributed by atoms with Gasteiger partial charge in [-0.3, -0.25) is 4.79 Å². The van der Waals surface area contributed by atoms with Gasteiger partial charge in [-0.1, -0.05) is 24.3 Å². The summed E-state index contributed by atoms with van der Waals surface area (Å²) in [5, 5.41) is 2.88. The van der Waals surface area contributed by atoms with Crippen molar-refractivity contribution in [3.05, 3.63) is 42.5 Å². The highest BCUT2D eigenvalue weighted by Crippen LogP contribution is 2.33. The Bertz CT molecular complexity index is 401. The van der Waals surface area contributed by atoms with Crippen molar-refractivity contribution in [3.63, 3.8) is 0 Å².